The standard InChI is InChI=1S/C110H42O6/c1-5-14-38(15-6-1)32-111-44-26-42(27-45(30-44)112-33-39-16-7-2-8-17-39)36-115-49-22-13-23-50(116-37-43-28-46(113-34-40-18-9-3-10-19-40)31-47(29-43)114-35-41-20-11-4-12-21-41)48(49)24-25-110-107-103-97-83-75-67-55-52-51-53-56(55)68-70-66-60(53)62-58-54(51)57-61-59(52)65-69(67)81(83)89-87-73(65)71(61)79-77-63(57)64(58)78-80-72(62)74(66)88-90-82(70)84(76(68)75)98(97)104(107)100(90)102-94(88)92(80)96-86(78)85(77)95-91(79)93(87)101(99(89)103)108(110)105(95)106(96)109(102)110/h1-23,26-31,107H,32-37H2. The Morgan fingerprint density at radius 3 is 0.655 bits per heavy atom. The highest BCUT2D eigenvalue weighted by Gasteiger charge is 2.63. The molecule has 0 unspecified atom stereocenters. The Morgan fingerprint density at radius 1 is 0.198 bits per heavy atom. The Hall–Kier alpha value is -14.6. The van der Waals surface area contributed by atoms with Gasteiger partial charge in [0.1, 0.15) is 79.7 Å². The topological polar surface area (TPSA) is 55.4 Å². The molecule has 0 radical (unpaired) electrons. The second-order valence-corrected chi connectivity index (χ2v) is 36.2. The molecule has 6 nitrogen and oxygen atoms in total. The zero-order valence-corrected chi connectivity index (χ0v) is 61.0. The van der Waals surface area contributed by atoms with Crippen molar-refractivity contribution in [3.8, 4) is 46.3 Å². The van der Waals surface area contributed by atoms with Gasteiger partial charge >= 0.3 is 0 Å². The highest BCUT2D eigenvalue weighted by molar-refractivity contribution is 6.82. The van der Waals surface area contributed by atoms with Gasteiger partial charge in [0.15, 0.2) is 0 Å². The molecule has 0 spiro atoms. The van der Waals surface area contributed by atoms with Gasteiger partial charge in [0.05, 0.1) is 5.41 Å². The summed E-state index contributed by atoms with van der Waals surface area (Å²) in [7, 11) is 0. The Bertz CT molecular complexity index is 9730. The van der Waals surface area contributed by atoms with Crippen molar-refractivity contribution in [3.63, 3.8) is 0 Å². The highest BCUT2D eigenvalue weighted by atomic mass is 16.5. The van der Waals surface area contributed by atoms with Crippen LogP contribution in [-0.4, -0.2) is 0 Å². The normalized spacial score (nSPS) is 16.7. The lowest BCUT2D eigenvalue weighted by Crippen LogP contribution is -2.36. The minimum Gasteiger partial charge on any atom is -0.489 e. The smallest absolute Gasteiger partial charge is 0.139 e. The second kappa shape index (κ2) is 15.8. The van der Waals surface area contributed by atoms with E-state index in [1.165, 1.54) is 54.2 Å². The minimum absolute atomic E-state index is 0.0982. The molecule has 39 rings (SSSR count). The van der Waals surface area contributed by atoms with Crippen LogP contribution in [0.25, 0.3) is 291 Å². The van der Waals surface area contributed by atoms with Crippen LogP contribution in [0, 0.1) is 11.8 Å². The Balaban J connectivity index is 0.643. The van der Waals surface area contributed by atoms with Gasteiger partial charge in [-0.15, -0.1) is 0 Å². The van der Waals surface area contributed by atoms with Crippen molar-refractivity contribution in [1.29, 1.82) is 0 Å². The minimum atomic E-state index is -0.847. The van der Waals surface area contributed by atoms with Crippen molar-refractivity contribution in [2.45, 2.75) is 51.0 Å². The van der Waals surface area contributed by atoms with E-state index in [1.54, 1.807) is 259 Å². The largest absolute Gasteiger partial charge is 0.489 e. The number of ether oxygens (including phenoxy) is 6. The monoisotopic (exact) mass is 1460 g/mol. The summed E-state index contributed by atoms with van der Waals surface area (Å²) in [5, 5.41) is 84.5. The lowest BCUT2D eigenvalue weighted by molar-refractivity contribution is 0.275. The molecule has 0 atom stereocenters. The molecule has 4 aliphatic carbocycles. The van der Waals surface area contributed by atoms with E-state index in [-0.39, 0.29) is 19.1 Å². The third-order valence-electron chi connectivity index (χ3n) is 32.2. The van der Waals surface area contributed by atoms with Gasteiger partial charge in [-0.3, -0.25) is 0 Å². The van der Waals surface area contributed by atoms with E-state index < -0.39 is 5.41 Å². The van der Waals surface area contributed by atoms with E-state index in [0.717, 1.165) is 38.9 Å². The van der Waals surface area contributed by atoms with Crippen LogP contribution in [-0.2, 0) is 45.1 Å². The molecule has 35 aromatic carbocycles. The van der Waals surface area contributed by atoms with Gasteiger partial charge in [0.2, 0.25) is 0 Å². The average Bonchev–Trinajstić information content (AvgIpc) is 1.39. The summed E-state index contributed by atoms with van der Waals surface area (Å²) in [5.41, 5.74) is 12.1. The number of hydrogen-bond donors (Lipinski definition) is 0. The average molecular weight is 1460 g/mol. The molecule has 0 saturated heterocycles. The second-order valence-electron chi connectivity index (χ2n) is 36.2. The predicted octanol–water partition coefficient (Wildman–Crippen LogP) is 27.7. The third kappa shape index (κ3) is 4.60. The van der Waals surface area contributed by atoms with Gasteiger partial charge < -0.3 is 28.4 Å². The summed E-state index contributed by atoms with van der Waals surface area (Å²) in [4.78, 5) is 0. The molecule has 0 aromatic heterocycles. The SMILES string of the molecule is C(#CC12c3c4c5c6c7c8c(c9c%10c1c1c3c3c%11c4c4c5c5c7c7c%12c8c8c9c9c%10c%10c1c1c3c3c%11c%11c4c4c5c7c5c7c%12c8c8c9c9c%10c1c1c3c3c%11c4c5c4c7c8c9c1c34)C62)c1c(OCc2cc(OCc3ccccc3)cc(OCc3ccccc3)c2)cccc1OCc1cc(OCc2ccccc2)cc(OCc2ccccc2)c1. The summed E-state index contributed by atoms with van der Waals surface area (Å²) < 4.78 is 41.9. The van der Waals surface area contributed by atoms with Crippen molar-refractivity contribution in [3.05, 3.63) is 237 Å². The zero-order chi connectivity index (χ0) is 72.5. The van der Waals surface area contributed by atoms with E-state index in [0.29, 0.717) is 60.9 Å². The summed E-state index contributed by atoms with van der Waals surface area (Å²) in [6.07, 6.45) is 0. The lowest BCUT2D eigenvalue weighted by atomic mass is 9.57. The van der Waals surface area contributed by atoms with Crippen LogP contribution in [0.2, 0.25) is 0 Å². The van der Waals surface area contributed by atoms with Gasteiger partial charge in [0.25, 0.3) is 0 Å². The molecule has 0 heterocycles. The predicted molar refractivity (Wildman–Crippen MR) is 473 cm³/mol. The van der Waals surface area contributed by atoms with Gasteiger partial charge in [-0.05, 0) is 383 Å². The van der Waals surface area contributed by atoms with Crippen LogP contribution in [0.1, 0.15) is 67.1 Å². The van der Waals surface area contributed by atoms with Crippen LogP contribution >= 0.6 is 0 Å². The molecular weight excluding hydrogens is 1420 g/mol. The van der Waals surface area contributed by atoms with Crippen LogP contribution in [0.3, 0.4) is 0 Å². The van der Waals surface area contributed by atoms with E-state index in [9.17, 15) is 0 Å². The van der Waals surface area contributed by atoms with E-state index in [2.05, 4.69) is 145 Å². The number of benzene rings is 25. The number of rotatable bonds is 18. The summed E-state index contributed by atoms with van der Waals surface area (Å²) in [6, 6.07) is 60.3. The fraction of sp³-hybridized carbons (Fsp3) is 0.0727. The molecular formula is C110H42O6. The van der Waals surface area contributed by atoms with Crippen molar-refractivity contribution in [2.24, 2.45) is 0 Å². The van der Waals surface area contributed by atoms with Crippen molar-refractivity contribution >= 4 is 291 Å². The molecule has 0 saturated carbocycles. The fourth-order valence-corrected chi connectivity index (χ4v) is 29.5. The Kier molecular flexibility index (Phi) is 7.27. The van der Waals surface area contributed by atoms with Gasteiger partial charge in [-0.25, -0.2) is 0 Å². The highest BCUT2D eigenvalue weighted by Crippen LogP contribution is 2.84. The first-order valence-corrected chi connectivity index (χ1v) is 41.3. The molecule has 35 aromatic rings. The molecule has 518 valence electrons. The number of hydrogen-bond acceptors (Lipinski definition) is 6. The lowest BCUT2D eigenvalue weighted by Gasteiger charge is -2.42. The van der Waals surface area contributed by atoms with Crippen molar-refractivity contribution in [2.75, 3.05) is 0 Å². The van der Waals surface area contributed by atoms with E-state index in [1.807, 2.05) is 36.4 Å². The Morgan fingerprint density at radius 2 is 0.405 bits per heavy atom. The van der Waals surface area contributed by atoms with Gasteiger partial charge in [-0.2, -0.15) is 0 Å². The van der Waals surface area contributed by atoms with E-state index >= 15 is 0 Å². The van der Waals surface area contributed by atoms with Crippen molar-refractivity contribution < 1.29 is 28.4 Å². The maximum Gasteiger partial charge on any atom is 0.139 e. The first-order chi connectivity index (χ1) is 57.7. The maximum atomic E-state index is 7.53. The molecule has 0 aliphatic heterocycles. The molecule has 0 bridgehead atoms. The fourth-order valence-electron chi connectivity index (χ4n) is 29.5. The third-order valence-corrected chi connectivity index (χ3v) is 32.2. The summed E-state index contributed by atoms with van der Waals surface area (Å²) >= 11 is 0. The summed E-state index contributed by atoms with van der Waals surface area (Å²) in [6.45, 7) is 2.01. The van der Waals surface area contributed by atoms with Crippen molar-refractivity contribution in [1.82, 2.24) is 0 Å². The van der Waals surface area contributed by atoms with Crippen LogP contribution in [0.4, 0.5) is 0 Å². The van der Waals surface area contributed by atoms with Gasteiger partial charge in [-0.1, -0.05) is 139 Å². The maximum absolute atomic E-state index is 7.53. The quantitative estimate of drug-likeness (QED) is 0.0630. The molecule has 0 amide bonds. The van der Waals surface area contributed by atoms with Crippen LogP contribution in [0.15, 0.2) is 176 Å². The Labute approximate surface area is 649 Å². The molecule has 0 fully saturated rings. The first kappa shape index (κ1) is 53.3. The molecule has 4 aliphatic rings. The van der Waals surface area contributed by atoms with Crippen LogP contribution in [0.5, 0.6) is 34.5 Å². The summed E-state index contributed by atoms with van der Waals surface area (Å²) in [5.74, 6) is 13.1. The first-order valence-electron chi connectivity index (χ1n) is 41.3. The zero-order valence-electron chi connectivity index (χ0n) is 61.0. The van der Waals surface area contributed by atoms with E-state index in [4.69, 9.17) is 34.3 Å². The van der Waals surface area contributed by atoms with Gasteiger partial charge in [0, 0.05) is 18.1 Å². The molecule has 6 heteroatoms. The van der Waals surface area contributed by atoms with Crippen LogP contribution < -0.4 is 28.4 Å². The molecule has 116 heavy (non-hydrogen) atoms. The molecule has 0 N–H and O–H groups in total.